The fourth-order valence-corrected chi connectivity index (χ4v) is 2.96. The maximum Gasteiger partial charge on any atom is 0.217 e. The molecule has 5 nitrogen and oxygen atoms in total. The van der Waals surface area contributed by atoms with Crippen molar-refractivity contribution in [3.05, 3.63) is 30.3 Å². The average molecular weight is 284 g/mol. The number of carbonyl (C=O) groups excluding carboxylic acids is 1. The normalized spacial score (nSPS) is 16.3. The Balaban J connectivity index is 1.73. The summed E-state index contributed by atoms with van der Waals surface area (Å²) < 4.78 is 0. The van der Waals surface area contributed by atoms with Crippen molar-refractivity contribution < 1.29 is 4.79 Å². The van der Waals surface area contributed by atoms with Gasteiger partial charge in [-0.05, 0) is 49.1 Å². The maximum absolute atomic E-state index is 11.0. The lowest BCUT2D eigenvalue weighted by Crippen LogP contribution is -2.35. The first-order valence-electron chi connectivity index (χ1n) is 7.31. The van der Waals surface area contributed by atoms with Gasteiger partial charge in [0.2, 0.25) is 5.91 Å². The molecule has 21 heavy (non-hydrogen) atoms. The van der Waals surface area contributed by atoms with E-state index in [9.17, 15) is 4.79 Å². The number of rotatable bonds is 3. The van der Waals surface area contributed by atoms with Crippen molar-refractivity contribution in [2.45, 2.75) is 19.3 Å². The van der Waals surface area contributed by atoms with Gasteiger partial charge in [0, 0.05) is 30.6 Å². The van der Waals surface area contributed by atoms with Crippen molar-refractivity contribution in [2.75, 3.05) is 23.7 Å². The molecule has 1 aromatic heterocycles. The van der Waals surface area contributed by atoms with Crippen LogP contribution in [0.25, 0.3) is 10.9 Å². The van der Waals surface area contributed by atoms with Crippen LogP contribution in [0.1, 0.15) is 19.3 Å². The Kier molecular flexibility index (Phi) is 3.64. The summed E-state index contributed by atoms with van der Waals surface area (Å²) in [5, 5.41) is 1.06. The molecule has 0 aliphatic carbocycles. The second kappa shape index (κ2) is 5.60. The molecule has 0 unspecified atom stereocenters. The van der Waals surface area contributed by atoms with Gasteiger partial charge in [-0.25, -0.2) is 4.98 Å². The summed E-state index contributed by atoms with van der Waals surface area (Å²) in [6, 6.07) is 9.86. The van der Waals surface area contributed by atoms with E-state index in [1.54, 1.807) is 0 Å². The minimum Gasteiger partial charge on any atom is -0.399 e. The molecule has 4 N–H and O–H groups in total. The standard InChI is InChI=1S/C16H20N4O/c17-13-2-3-14-12(10-13)1-4-16(19-14)20-7-5-11(6-8-20)9-15(18)21/h1-4,10-11H,5-9,17H2,(H2,18,21). The van der Waals surface area contributed by atoms with Gasteiger partial charge in [0.25, 0.3) is 0 Å². The molecule has 1 saturated heterocycles. The second-order valence-electron chi connectivity index (χ2n) is 5.72. The van der Waals surface area contributed by atoms with Crippen LogP contribution >= 0.6 is 0 Å². The zero-order chi connectivity index (χ0) is 14.8. The molecule has 1 aromatic carbocycles. The van der Waals surface area contributed by atoms with Crippen LogP contribution in [0, 0.1) is 5.92 Å². The first-order valence-corrected chi connectivity index (χ1v) is 7.31. The lowest BCUT2D eigenvalue weighted by molar-refractivity contribution is -0.119. The Labute approximate surface area is 123 Å². The van der Waals surface area contributed by atoms with Crippen LogP contribution < -0.4 is 16.4 Å². The molecule has 1 amide bonds. The summed E-state index contributed by atoms with van der Waals surface area (Å²) in [5.41, 5.74) is 12.8. The van der Waals surface area contributed by atoms with Gasteiger partial charge >= 0.3 is 0 Å². The molecule has 1 aliphatic heterocycles. The molecular weight excluding hydrogens is 264 g/mol. The highest BCUT2D eigenvalue weighted by Crippen LogP contribution is 2.26. The van der Waals surface area contributed by atoms with Gasteiger partial charge in [-0.2, -0.15) is 0 Å². The number of nitrogens with zero attached hydrogens (tertiary/aromatic N) is 2. The minimum absolute atomic E-state index is 0.199. The Hall–Kier alpha value is -2.30. The number of anilines is 2. The molecule has 0 spiro atoms. The highest BCUT2D eigenvalue weighted by molar-refractivity contribution is 5.83. The van der Waals surface area contributed by atoms with E-state index in [4.69, 9.17) is 16.5 Å². The molecular formula is C16H20N4O. The summed E-state index contributed by atoms with van der Waals surface area (Å²) in [6.45, 7) is 1.84. The number of piperidine rings is 1. The van der Waals surface area contributed by atoms with Crippen LogP contribution in [0.5, 0.6) is 0 Å². The Bertz CT molecular complexity index is 662. The molecule has 1 fully saturated rings. The van der Waals surface area contributed by atoms with E-state index in [0.29, 0.717) is 12.3 Å². The second-order valence-corrected chi connectivity index (χ2v) is 5.72. The van der Waals surface area contributed by atoms with Gasteiger partial charge in [-0.15, -0.1) is 0 Å². The molecule has 0 bridgehead atoms. The molecule has 2 heterocycles. The van der Waals surface area contributed by atoms with E-state index in [-0.39, 0.29) is 5.91 Å². The maximum atomic E-state index is 11.0. The fourth-order valence-electron chi connectivity index (χ4n) is 2.96. The molecule has 0 radical (unpaired) electrons. The first kappa shape index (κ1) is 13.7. The third kappa shape index (κ3) is 3.07. The average Bonchev–Trinajstić information content (AvgIpc) is 2.47. The number of carbonyl (C=O) groups is 1. The fraction of sp³-hybridized carbons (Fsp3) is 0.375. The molecule has 2 aromatic rings. The van der Waals surface area contributed by atoms with Gasteiger partial charge in [-0.3, -0.25) is 4.79 Å². The van der Waals surface area contributed by atoms with Crippen molar-refractivity contribution in [1.82, 2.24) is 4.98 Å². The predicted octanol–water partition coefficient (Wildman–Crippen LogP) is 1.91. The van der Waals surface area contributed by atoms with Gasteiger partial charge in [-0.1, -0.05) is 0 Å². The van der Waals surface area contributed by atoms with E-state index in [0.717, 1.165) is 48.3 Å². The Morgan fingerprint density at radius 1 is 1.24 bits per heavy atom. The number of primary amides is 1. The Morgan fingerprint density at radius 3 is 2.71 bits per heavy atom. The predicted molar refractivity (Wildman–Crippen MR) is 84.9 cm³/mol. The van der Waals surface area contributed by atoms with Crippen molar-refractivity contribution in [3.63, 3.8) is 0 Å². The highest BCUT2D eigenvalue weighted by atomic mass is 16.1. The summed E-state index contributed by atoms with van der Waals surface area (Å²) in [7, 11) is 0. The first-order chi connectivity index (χ1) is 10.1. The number of hydrogen-bond donors (Lipinski definition) is 2. The van der Waals surface area contributed by atoms with Crippen LogP contribution in [0.15, 0.2) is 30.3 Å². The molecule has 1 aliphatic rings. The van der Waals surface area contributed by atoms with E-state index in [2.05, 4.69) is 11.0 Å². The lowest BCUT2D eigenvalue weighted by atomic mass is 9.93. The van der Waals surface area contributed by atoms with Crippen LogP contribution in [-0.4, -0.2) is 24.0 Å². The van der Waals surface area contributed by atoms with Crippen molar-refractivity contribution >= 4 is 28.3 Å². The summed E-state index contributed by atoms with van der Waals surface area (Å²) in [6.07, 6.45) is 2.48. The van der Waals surface area contributed by atoms with E-state index >= 15 is 0 Å². The summed E-state index contributed by atoms with van der Waals surface area (Å²) in [5.74, 6) is 1.21. The molecule has 5 heteroatoms. The minimum atomic E-state index is -0.199. The summed E-state index contributed by atoms with van der Waals surface area (Å²) >= 11 is 0. The van der Waals surface area contributed by atoms with E-state index in [1.807, 2.05) is 24.3 Å². The number of amides is 1. The SMILES string of the molecule is NC(=O)CC1CCN(c2ccc3cc(N)ccc3n2)CC1. The smallest absolute Gasteiger partial charge is 0.217 e. The quantitative estimate of drug-likeness (QED) is 0.843. The topological polar surface area (TPSA) is 85.2 Å². The summed E-state index contributed by atoms with van der Waals surface area (Å²) in [4.78, 5) is 18.0. The lowest BCUT2D eigenvalue weighted by Gasteiger charge is -2.32. The molecule has 0 atom stereocenters. The third-order valence-electron chi connectivity index (χ3n) is 4.13. The van der Waals surface area contributed by atoms with Crippen LogP contribution in [0.4, 0.5) is 11.5 Å². The number of pyridine rings is 1. The zero-order valence-corrected chi connectivity index (χ0v) is 12.0. The van der Waals surface area contributed by atoms with Gasteiger partial charge in [0.1, 0.15) is 5.82 Å². The molecule has 110 valence electrons. The largest absolute Gasteiger partial charge is 0.399 e. The van der Waals surface area contributed by atoms with Crippen LogP contribution in [0.3, 0.4) is 0 Å². The van der Waals surface area contributed by atoms with E-state index in [1.165, 1.54) is 0 Å². The molecule has 0 saturated carbocycles. The van der Waals surface area contributed by atoms with Crippen molar-refractivity contribution in [3.8, 4) is 0 Å². The number of fused-ring (bicyclic) bond motifs is 1. The van der Waals surface area contributed by atoms with Crippen LogP contribution in [-0.2, 0) is 4.79 Å². The molecule has 3 rings (SSSR count). The van der Waals surface area contributed by atoms with Crippen LogP contribution in [0.2, 0.25) is 0 Å². The number of benzene rings is 1. The third-order valence-corrected chi connectivity index (χ3v) is 4.13. The number of nitrogen functional groups attached to an aromatic ring is 1. The monoisotopic (exact) mass is 284 g/mol. The van der Waals surface area contributed by atoms with E-state index < -0.39 is 0 Å². The zero-order valence-electron chi connectivity index (χ0n) is 12.0. The number of aromatic nitrogens is 1. The number of nitrogens with two attached hydrogens (primary N) is 2. The Morgan fingerprint density at radius 2 is 2.00 bits per heavy atom. The van der Waals surface area contributed by atoms with Crippen molar-refractivity contribution in [2.24, 2.45) is 11.7 Å². The highest BCUT2D eigenvalue weighted by Gasteiger charge is 2.21. The number of hydrogen-bond acceptors (Lipinski definition) is 4. The van der Waals surface area contributed by atoms with Gasteiger partial charge < -0.3 is 16.4 Å². The van der Waals surface area contributed by atoms with Crippen molar-refractivity contribution in [1.29, 1.82) is 0 Å². The van der Waals surface area contributed by atoms with Gasteiger partial charge in [0.05, 0.1) is 5.52 Å². The van der Waals surface area contributed by atoms with Gasteiger partial charge in [0.15, 0.2) is 0 Å².